The molecule has 2 unspecified atom stereocenters. The quantitative estimate of drug-likeness (QED) is 0.862. The SMILES string of the molecule is COc1ccc(CCNC(=O)C2CC2c2ccc(O)cc2)cc1. The van der Waals surface area contributed by atoms with Gasteiger partial charge in [-0.2, -0.15) is 0 Å². The van der Waals surface area contributed by atoms with Crippen molar-refractivity contribution in [3.8, 4) is 11.5 Å². The Morgan fingerprint density at radius 1 is 1.17 bits per heavy atom. The zero-order valence-electron chi connectivity index (χ0n) is 13.2. The lowest BCUT2D eigenvalue weighted by atomic mass is 10.1. The van der Waals surface area contributed by atoms with Crippen molar-refractivity contribution in [2.75, 3.05) is 13.7 Å². The van der Waals surface area contributed by atoms with Gasteiger partial charge in [-0.3, -0.25) is 4.79 Å². The molecular weight excluding hydrogens is 290 g/mol. The third kappa shape index (κ3) is 3.83. The molecule has 2 aromatic carbocycles. The van der Waals surface area contributed by atoms with Crippen LogP contribution in [0.3, 0.4) is 0 Å². The summed E-state index contributed by atoms with van der Waals surface area (Å²) in [5.74, 6) is 1.57. The molecule has 0 heterocycles. The molecule has 0 aliphatic heterocycles. The Bertz CT molecular complexity index is 664. The van der Waals surface area contributed by atoms with E-state index in [1.54, 1.807) is 19.2 Å². The highest BCUT2D eigenvalue weighted by molar-refractivity contribution is 5.82. The largest absolute Gasteiger partial charge is 0.508 e. The number of rotatable bonds is 6. The van der Waals surface area contributed by atoms with Crippen molar-refractivity contribution < 1.29 is 14.6 Å². The highest BCUT2D eigenvalue weighted by Gasteiger charge is 2.43. The summed E-state index contributed by atoms with van der Waals surface area (Å²) in [5, 5.41) is 12.3. The first kappa shape index (κ1) is 15.4. The molecule has 2 atom stereocenters. The van der Waals surface area contributed by atoms with Crippen molar-refractivity contribution in [2.45, 2.75) is 18.8 Å². The van der Waals surface area contributed by atoms with E-state index in [2.05, 4.69) is 5.32 Å². The van der Waals surface area contributed by atoms with E-state index >= 15 is 0 Å². The van der Waals surface area contributed by atoms with Gasteiger partial charge in [0.15, 0.2) is 0 Å². The second-order valence-corrected chi connectivity index (χ2v) is 5.93. The van der Waals surface area contributed by atoms with Gasteiger partial charge in [0, 0.05) is 12.5 Å². The summed E-state index contributed by atoms with van der Waals surface area (Å²) in [7, 11) is 1.65. The van der Waals surface area contributed by atoms with Crippen LogP contribution in [-0.2, 0) is 11.2 Å². The number of amides is 1. The molecule has 1 fully saturated rings. The average Bonchev–Trinajstić information content (AvgIpc) is 3.37. The van der Waals surface area contributed by atoms with Gasteiger partial charge in [-0.15, -0.1) is 0 Å². The molecule has 4 heteroatoms. The number of phenolic OH excluding ortho intramolecular Hbond substituents is 1. The van der Waals surface area contributed by atoms with Gasteiger partial charge in [0.1, 0.15) is 11.5 Å². The molecule has 2 aromatic rings. The fourth-order valence-corrected chi connectivity index (χ4v) is 2.83. The summed E-state index contributed by atoms with van der Waals surface area (Å²) in [6.45, 7) is 0.643. The van der Waals surface area contributed by atoms with E-state index in [0.717, 1.165) is 24.2 Å². The normalized spacial score (nSPS) is 19.2. The first-order valence-corrected chi connectivity index (χ1v) is 7.87. The molecule has 3 rings (SSSR count). The van der Waals surface area contributed by atoms with E-state index in [9.17, 15) is 9.90 Å². The summed E-state index contributed by atoms with van der Waals surface area (Å²) in [6, 6.07) is 15.0. The van der Waals surface area contributed by atoms with Crippen molar-refractivity contribution in [3.05, 3.63) is 59.7 Å². The van der Waals surface area contributed by atoms with Gasteiger partial charge >= 0.3 is 0 Å². The van der Waals surface area contributed by atoms with E-state index in [1.165, 1.54) is 5.56 Å². The van der Waals surface area contributed by atoms with Crippen LogP contribution in [0.15, 0.2) is 48.5 Å². The first-order valence-electron chi connectivity index (χ1n) is 7.87. The predicted octanol–water partition coefficient (Wildman–Crippen LogP) is 2.86. The second kappa shape index (κ2) is 6.73. The number of phenols is 1. The lowest BCUT2D eigenvalue weighted by molar-refractivity contribution is -0.122. The molecule has 0 aromatic heterocycles. The van der Waals surface area contributed by atoms with E-state index in [1.807, 2.05) is 36.4 Å². The van der Waals surface area contributed by atoms with Gasteiger partial charge in [0.25, 0.3) is 0 Å². The Hall–Kier alpha value is -2.49. The van der Waals surface area contributed by atoms with Crippen LogP contribution in [0.25, 0.3) is 0 Å². The van der Waals surface area contributed by atoms with Gasteiger partial charge in [-0.1, -0.05) is 24.3 Å². The van der Waals surface area contributed by atoms with Crippen LogP contribution in [0, 0.1) is 5.92 Å². The maximum absolute atomic E-state index is 12.2. The molecule has 0 spiro atoms. The summed E-state index contributed by atoms with van der Waals surface area (Å²) in [4.78, 5) is 12.2. The third-order valence-electron chi connectivity index (χ3n) is 4.32. The number of hydrogen-bond acceptors (Lipinski definition) is 3. The van der Waals surface area contributed by atoms with E-state index in [0.29, 0.717) is 6.54 Å². The summed E-state index contributed by atoms with van der Waals surface area (Å²) < 4.78 is 5.13. The molecule has 4 nitrogen and oxygen atoms in total. The average molecular weight is 311 g/mol. The standard InChI is InChI=1S/C19H21NO3/c1-23-16-8-2-13(3-9-16)10-11-20-19(22)18-12-17(18)14-4-6-15(21)7-5-14/h2-9,17-18,21H,10-12H2,1H3,(H,20,22). The van der Waals surface area contributed by atoms with Crippen LogP contribution in [0.2, 0.25) is 0 Å². The first-order chi connectivity index (χ1) is 11.2. The van der Waals surface area contributed by atoms with Gasteiger partial charge in [-0.25, -0.2) is 0 Å². The number of methoxy groups -OCH3 is 1. The zero-order valence-corrected chi connectivity index (χ0v) is 13.2. The number of nitrogens with one attached hydrogen (secondary N) is 1. The minimum absolute atomic E-state index is 0.0652. The second-order valence-electron chi connectivity index (χ2n) is 5.93. The van der Waals surface area contributed by atoms with Crippen LogP contribution in [0.1, 0.15) is 23.5 Å². The minimum Gasteiger partial charge on any atom is -0.508 e. The lowest BCUT2D eigenvalue weighted by Crippen LogP contribution is -2.27. The minimum atomic E-state index is 0.0652. The Morgan fingerprint density at radius 2 is 1.87 bits per heavy atom. The molecule has 120 valence electrons. The lowest BCUT2D eigenvalue weighted by Gasteiger charge is -2.06. The van der Waals surface area contributed by atoms with Gasteiger partial charge in [-0.05, 0) is 54.2 Å². The van der Waals surface area contributed by atoms with Crippen molar-refractivity contribution in [1.29, 1.82) is 0 Å². The number of benzene rings is 2. The predicted molar refractivity (Wildman–Crippen MR) is 88.7 cm³/mol. The van der Waals surface area contributed by atoms with Crippen LogP contribution in [0.4, 0.5) is 0 Å². The Kier molecular flexibility index (Phi) is 4.51. The van der Waals surface area contributed by atoms with Crippen molar-refractivity contribution in [1.82, 2.24) is 5.32 Å². The highest BCUT2D eigenvalue weighted by atomic mass is 16.5. The smallest absolute Gasteiger partial charge is 0.223 e. The molecule has 1 aliphatic carbocycles. The molecule has 0 radical (unpaired) electrons. The number of ether oxygens (including phenoxy) is 1. The molecule has 1 saturated carbocycles. The number of carbonyl (C=O) groups excluding carboxylic acids is 1. The van der Waals surface area contributed by atoms with E-state index < -0.39 is 0 Å². The Labute approximate surface area is 136 Å². The zero-order chi connectivity index (χ0) is 16.2. The van der Waals surface area contributed by atoms with Crippen LogP contribution >= 0.6 is 0 Å². The van der Waals surface area contributed by atoms with E-state index in [-0.39, 0.29) is 23.5 Å². The number of carbonyl (C=O) groups is 1. The number of hydrogen-bond donors (Lipinski definition) is 2. The van der Waals surface area contributed by atoms with Crippen LogP contribution in [-0.4, -0.2) is 24.7 Å². The molecule has 0 saturated heterocycles. The van der Waals surface area contributed by atoms with Crippen LogP contribution < -0.4 is 10.1 Å². The van der Waals surface area contributed by atoms with Crippen molar-refractivity contribution in [3.63, 3.8) is 0 Å². The van der Waals surface area contributed by atoms with Gasteiger partial charge in [0.05, 0.1) is 7.11 Å². The van der Waals surface area contributed by atoms with Gasteiger partial charge in [0.2, 0.25) is 5.91 Å². The fraction of sp³-hybridized carbons (Fsp3) is 0.316. The van der Waals surface area contributed by atoms with E-state index in [4.69, 9.17) is 4.74 Å². The summed E-state index contributed by atoms with van der Waals surface area (Å²) in [5.41, 5.74) is 2.30. The molecule has 23 heavy (non-hydrogen) atoms. The topological polar surface area (TPSA) is 58.6 Å². The third-order valence-corrected chi connectivity index (χ3v) is 4.32. The Balaban J connectivity index is 1.44. The molecule has 2 N–H and O–H groups in total. The summed E-state index contributed by atoms with van der Waals surface area (Å²) in [6.07, 6.45) is 1.70. The maximum Gasteiger partial charge on any atom is 0.223 e. The van der Waals surface area contributed by atoms with Gasteiger partial charge < -0.3 is 15.2 Å². The number of aromatic hydroxyl groups is 1. The van der Waals surface area contributed by atoms with Crippen molar-refractivity contribution in [2.24, 2.45) is 5.92 Å². The summed E-state index contributed by atoms with van der Waals surface area (Å²) >= 11 is 0. The molecule has 1 aliphatic rings. The Morgan fingerprint density at radius 3 is 2.52 bits per heavy atom. The van der Waals surface area contributed by atoms with Crippen LogP contribution in [0.5, 0.6) is 11.5 Å². The van der Waals surface area contributed by atoms with Crippen molar-refractivity contribution >= 4 is 5.91 Å². The maximum atomic E-state index is 12.2. The molecule has 0 bridgehead atoms. The highest BCUT2D eigenvalue weighted by Crippen LogP contribution is 2.47. The molecular formula is C19H21NO3. The monoisotopic (exact) mass is 311 g/mol. The fourth-order valence-electron chi connectivity index (χ4n) is 2.83. The molecule has 1 amide bonds.